The normalized spacial score (nSPS) is 17.6. The van der Waals surface area contributed by atoms with Crippen molar-refractivity contribution in [1.29, 1.82) is 0 Å². The predicted molar refractivity (Wildman–Crippen MR) is 75.7 cm³/mol. The van der Waals surface area contributed by atoms with Crippen LogP contribution in [0.15, 0.2) is 27.5 Å². The number of hydrogen-bond acceptors (Lipinski definition) is 7. The van der Waals surface area contributed by atoms with Gasteiger partial charge in [0, 0.05) is 12.5 Å². The average Bonchev–Trinajstić information content (AvgIpc) is 3.23. The van der Waals surface area contributed by atoms with E-state index in [4.69, 9.17) is 8.94 Å². The fourth-order valence-corrected chi connectivity index (χ4v) is 2.67. The zero-order valence-electron chi connectivity index (χ0n) is 12.2. The van der Waals surface area contributed by atoms with Gasteiger partial charge in [0.1, 0.15) is 17.9 Å². The SMILES string of the molecule is Cc1nc2n(n1)C[C@@H](NCc1nc(-c3ccoc3)no1)CC2. The Morgan fingerprint density at radius 3 is 3.23 bits per heavy atom. The first-order valence-corrected chi connectivity index (χ1v) is 7.27. The van der Waals surface area contributed by atoms with E-state index in [9.17, 15) is 0 Å². The second kappa shape index (κ2) is 5.38. The molecule has 0 aliphatic carbocycles. The number of nitrogens with one attached hydrogen (secondary N) is 1. The molecule has 0 spiro atoms. The van der Waals surface area contributed by atoms with Crippen molar-refractivity contribution < 1.29 is 8.94 Å². The van der Waals surface area contributed by atoms with Crippen LogP contribution < -0.4 is 5.32 Å². The van der Waals surface area contributed by atoms with Crippen LogP contribution in [0.1, 0.15) is 24.0 Å². The zero-order valence-corrected chi connectivity index (χ0v) is 12.2. The third kappa shape index (κ3) is 2.52. The van der Waals surface area contributed by atoms with Crippen molar-refractivity contribution in [3.63, 3.8) is 0 Å². The van der Waals surface area contributed by atoms with Gasteiger partial charge in [0.25, 0.3) is 0 Å². The van der Waals surface area contributed by atoms with E-state index in [1.807, 2.05) is 11.6 Å². The molecule has 1 atom stereocenters. The maximum absolute atomic E-state index is 5.25. The van der Waals surface area contributed by atoms with E-state index in [1.165, 1.54) is 0 Å². The molecule has 0 aromatic carbocycles. The van der Waals surface area contributed by atoms with E-state index < -0.39 is 0 Å². The first-order valence-electron chi connectivity index (χ1n) is 7.27. The Morgan fingerprint density at radius 2 is 2.36 bits per heavy atom. The van der Waals surface area contributed by atoms with Crippen LogP contribution in [-0.2, 0) is 19.5 Å². The number of rotatable bonds is 4. The molecule has 0 saturated heterocycles. The Labute approximate surface area is 126 Å². The monoisotopic (exact) mass is 300 g/mol. The van der Waals surface area contributed by atoms with Gasteiger partial charge in [0.15, 0.2) is 0 Å². The summed E-state index contributed by atoms with van der Waals surface area (Å²) in [4.78, 5) is 8.76. The predicted octanol–water partition coefficient (Wildman–Crippen LogP) is 1.33. The molecule has 4 heterocycles. The van der Waals surface area contributed by atoms with Gasteiger partial charge in [-0.05, 0) is 19.4 Å². The number of aryl methyl sites for hydroxylation is 2. The van der Waals surface area contributed by atoms with Crippen LogP contribution in [-0.4, -0.2) is 30.9 Å². The lowest BCUT2D eigenvalue weighted by atomic mass is 10.1. The van der Waals surface area contributed by atoms with E-state index in [0.717, 1.165) is 36.6 Å². The van der Waals surface area contributed by atoms with Crippen molar-refractivity contribution in [2.24, 2.45) is 0 Å². The highest BCUT2D eigenvalue weighted by Crippen LogP contribution is 2.16. The molecular weight excluding hydrogens is 284 g/mol. The summed E-state index contributed by atoms with van der Waals surface area (Å²) in [6.07, 6.45) is 5.14. The largest absolute Gasteiger partial charge is 0.472 e. The molecule has 3 aromatic rings. The molecule has 0 unspecified atom stereocenters. The van der Waals surface area contributed by atoms with Crippen LogP contribution in [0.5, 0.6) is 0 Å². The summed E-state index contributed by atoms with van der Waals surface area (Å²) in [7, 11) is 0. The summed E-state index contributed by atoms with van der Waals surface area (Å²) in [5.74, 6) is 3.01. The maximum atomic E-state index is 5.25. The quantitative estimate of drug-likeness (QED) is 0.776. The second-order valence-corrected chi connectivity index (χ2v) is 5.40. The first kappa shape index (κ1) is 13.2. The highest BCUT2D eigenvalue weighted by Gasteiger charge is 2.21. The summed E-state index contributed by atoms with van der Waals surface area (Å²) in [6, 6.07) is 2.13. The Hall–Kier alpha value is -2.48. The van der Waals surface area contributed by atoms with Gasteiger partial charge in [-0.2, -0.15) is 10.1 Å². The molecule has 1 N–H and O–H groups in total. The Morgan fingerprint density at radius 1 is 1.41 bits per heavy atom. The lowest BCUT2D eigenvalue weighted by Crippen LogP contribution is -2.37. The van der Waals surface area contributed by atoms with Crippen LogP contribution in [0.25, 0.3) is 11.4 Å². The molecule has 114 valence electrons. The summed E-state index contributed by atoms with van der Waals surface area (Å²) >= 11 is 0. The number of fused-ring (bicyclic) bond motifs is 1. The molecular formula is C14H16N6O2. The smallest absolute Gasteiger partial charge is 0.240 e. The molecule has 0 saturated carbocycles. The minimum absolute atomic E-state index is 0.331. The molecule has 1 aliphatic heterocycles. The fraction of sp³-hybridized carbons (Fsp3) is 0.429. The van der Waals surface area contributed by atoms with Crippen molar-refractivity contribution in [2.75, 3.05) is 0 Å². The number of nitrogens with zero attached hydrogens (tertiary/aromatic N) is 5. The average molecular weight is 300 g/mol. The first-order chi connectivity index (χ1) is 10.8. The minimum Gasteiger partial charge on any atom is -0.472 e. The molecule has 22 heavy (non-hydrogen) atoms. The van der Waals surface area contributed by atoms with Gasteiger partial charge in [0.2, 0.25) is 11.7 Å². The highest BCUT2D eigenvalue weighted by atomic mass is 16.5. The Bertz CT molecular complexity index is 760. The number of hydrogen-bond donors (Lipinski definition) is 1. The molecule has 1 aliphatic rings. The van der Waals surface area contributed by atoms with Gasteiger partial charge in [-0.3, -0.25) is 0 Å². The van der Waals surface area contributed by atoms with Crippen molar-refractivity contribution in [1.82, 2.24) is 30.2 Å². The third-order valence-electron chi connectivity index (χ3n) is 3.75. The minimum atomic E-state index is 0.331. The van der Waals surface area contributed by atoms with Crippen LogP contribution in [0.2, 0.25) is 0 Å². The molecule has 8 heteroatoms. The van der Waals surface area contributed by atoms with Crippen LogP contribution >= 0.6 is 0 Å². The molecule has 3 aromatic heterocycles. The lowest BCUT2D eigenvalue weighted by molar-refractivity contribution is 0.320. The van der Waals surface area contributed by atoms with E-state index in [2.05, 4.69) is 25.5 Å². The van der Waals surface area contributed by atoms with E-state index >= 15 is 0 Å². The highest BCUT2D eigenvalue weighted by molar-refractivity contribution is 5.51. The van der Waals surface area contributed by atoms with Gasteiger partial charge in [0.05, 0.1) is 24.9 Å². The standard InChI is InChI=1S/C14H16N6O2/c1-9-16-12-3-2-11(7-20(12)18-9)15-6-13-17-14(19-22-13)10-4-5-21-8-10/h4-5,8,11,15H,2-3,6-7H2,1H3/t11-/m0/s1. The van der Waals surface area contributed by atoms with Crippen molar-refractivity contribution in [3.8, 4) is 11.4 Å². The van der Waals surface area contributed by atoms with Crippen LogP contribution in [0.4, 0.5) is 0 Å². The fourth-order valence-electron chi connectivity index (χ4n) is 2.67. The molecule has 4 rings (SSSR count). The van der Waals surface area contributed by atoms with Gasteiger partial charge in [-0.1, -0.05) is 5.16 Å². The van der Waals surface area contributed by atoms with Gasteiger partial charge >= 0.3 is 0 Å². The number of aromatic nitrogens is 5. The zero-order chi connectivity index (χ0) is 14.9. The maximum Gasteiger partial charge on any atom is 0.240 e. The van der Waals surface area contributed by atoms with Gasteiger partial charge < -0.3 is 14.3 Å². The number of furan rings is 1. The lowest BCUT2D eigenvalue weighted by Gasteiger charge is -2.22. The molecule has 0 bridgehead atoms. The van der Waals surface area contributed by atoms with E-state index in [1.54, 1.807) is 18.6 Å². The van der Waals surface area contributed by atoms with Crippen LogP contribution in [0.3, 0.4) is 0 Å². The topological polar surface area (TPSA) is 94.8 Å². The van der Waals surface area contributed by atoms with E-state index in [0.29, 0.717) is 24.3 Å². The van der Waals surface area contributed by atoms with E-state index in [-0.39, 0.29) is 0 Å². The molecule has 0 fully saturated rings. The van der Waals surface area contributed by atoms with Gasteiger partial charge in [-0.25, -0.2) is 9.67 Å². The third-order valence-corrected chi connectivity index (χ3v) is 3.75. The summed E-state index contributed by atoms with van der Waals surface area (Å²) in [5, 5.41) is 11.8. The summed E-state index contributed by atoms with van der Waals surface area (Å²) < 4.78 is 12.2. The van der Waals surface area contributed by atoms with Crippen molar-refractivity contribution in [2.45, 2.75) is 38.9 Å². The second-order valence-electron chi connectivity index (χ2n) is 5.40. The molecule has 0 amide bonds. The van der Waals surface area contributed by atoms with Gasteiger partial charge in [-0.15, -0.1) is 0 Å². The molecule has 8 nitrogen and oxygen atoms in total. The van der Waals surface area contributed by atoms with Crippen molar-refractivity contribution in [3.05, 3.63) is 36.1 Å². The molecule has 0 radical (unpaired) electrons. The summed E-state index contributed by atoms with van der Waals surface area (Å²) in [6.45, 7) is 3.28. The van der Waals surface area contributed by atoms with Crippen molar-refractivity contribution >= 4 is 0 Å². The Kier molecular flexibility index (Phi) is 3.23. The Balaban J connectivity index is 1.37. The summed E-state index contributed by atoms with van der Waals surface area (Å²) in [5.41, 5.74) is 0.815. The van der Waals surface area contributed by atoms with Crippen LogP contribution in [0, 0.1) is 6.92 Å².